The Hall–Kier alpha value is -1.83. The number of carbonyl (C=O) groups excluding carboxylic acids is 1. The van der Waals surface area contributed by atoms with Crippen molar-refractivity contribution >= 4 is 15.9 Å². The molecule has 0 bridgehead atoms. The summed E-state index contributed by atoms with van der Waals surface area (Å²) in [6, 6.07) is 3.83. The second kappa shape index (κ2) is 8.03. The standard InChI is InChI=1S/C17H25FN2O4S/c1-4-24-16-6-5-13(11-15(16)18)12(2)19-17(21)20(3)14-7-9-25(22,23)10-8-14/h5-6,11-12,14H,4,7-10H2,1-3H3,(H,19,21). The van der Waals surface area contributed by atoms with Gasteiger partial charge in [0.05, 0.1) is 24.2 Å². The van der Waals surface area contributed by atoms with Crippen LogP contribution in [0.2, 0.25) is 0 Å². The van der Waals surface area contributed by atoms with E-state index in [1.54, 1.807) is 33.0 Å². The topological polar surface area (TPSA) is 75.7 Å². The number of benzene rings is 1. The van der Waals surface area contributed by atoms with E-state index in [0.717, 1.165) is 0 Å². The van der Waals surface area contributed by atoms with Gasteiger partial charge in [0.15, 0.2) is 11.6 Å². The largest absolute Gasteiger partial charge is 0.491 e. The van der Waals surface area contributed by atoms with Gasteiger partial charge in [-0.25, -0.2) is 17.6 Å². The Labute approximate surface area is 148 Å². The van der Waals surface area contributed by atoms with Gasteiger partial charge in [0.25, 0.3) is 0 Å². The van der Waals surface area contributed by atoms with Crippen molar-refractivity contribution in [2.45, 2.75) is 38.8 Å². The van der Waals surface area contributed by atoms with Crippen molar-refractivity contribution in [1.82, 2.24) is 10.2 Å². The van der Waals surface area contributed by atoms with E-state index >= 15 is 0 Å². The van der Waals surface area contributed by atoms with Crippen LogP contribution in [-0.2, 0) is 9.84 Å². The first kappa shape index (κ1) is 19.5. The van der Waals surface area contributed by atoms with Crippen LogP contribution in [0.3, 0.4) is 0 Å². The van der Waals surface area contributed by atoms with Crippen LogP contribution in [0.25, 0.3) is 0 Å². The van der Waals surface area contributed by atoms with E-state index < -0.39 is 15.7 Å². The maximum absolute atomic E-state index is 14.0. The third-order valence-corrected chi connectivity index (χ3v) is 6.20. The Kier molecular flexibility index (Phi) is 6.26. The monoisotopic (exact) mass is 372 g/mol. The molecule has 0 radical (unpaired) electrons. The van der Waals surface area contributed by atoms with Gasteiger partial charge in [-0.3, -0.25) is 0 Å². The quantitative estimate of drug-likeness (QED) is 0.862. The summed E-state index contributed by atoms with van der Waals surface area (Å²) >= 11 is 0. The second-order valence-corrected chi connectivity index (χ2v) is 8.59. The molecule has 25 heavy (non-hydrogen) atoms. The summed E-state index contributed by atoms with van der Waals surface area (Å²) in [5, 5.41) is 2.82. The number of nitrogens with one attached hydrogen (secondary N) is 1. The van der Waals surface area contributed by atoms with E-state index in [0.29, 0.717) is 25.0 Å². The molecule has 1 aromatic rings. The Bertz CT molecular complexity index is 709. The Morgan fingerprint density at radius 2 is 2.04 bits per heavy atom. The SMILES string of the molecule is CCOc1ccc(C(C)NC(=O)N(C)C2CCS(=O)(=O)CC2)cc1F. The van der Waals surface area contributed by atoms with Crippen LogP contribution >= 0.6 is 0 Å². The number of nitrogens with zero attached hydrogens (tertiary/aromatic N) is 1. The van der Waals surface area contributed by atoms with Crippen molar-refractivity contribution in [3.05, 3.63) is 29.6 Å². The lowest BCUT2D eigenvalue weighted by Crippen LogP contribution is -2.47. The van der Waals surface area contributed by atoms with Gasteiger partial charge >= 0.3 is 6.03 Å². The number of carbonyl (C=O) groups is 1. The van der Waals surface area contributed by atoms with Crippen LogP contribution < -0.4 is 10.1 Å². The summed E-state index contributed by atoms with van der Waals surface area (Å²) in [7, 11) is -1.31. The maximum Gasteiger partial charge on any atom is 0.317 e. The van der Waals surface area contributed by atoms with E-state index in [1.165, 1.54) is 11.0 Å². The summed E-state index contributed by atoms with van der Waals surface area (Å²) in [6.45, 7) is 3.93. The molecule has 0 aliphatic carbocycles. The average molecular weight is 372 g/mol. The fourth-order valence-corrected chi connectivity index (χ4v) is 4.33. The smallest absolute Gasteiger partial charge is 0.317 e. The van der Waals surface area contributed by atoms with E-state index in [1.807, 2.05) is 0 Å². The minimum absolute atomic E-state index is 0.104. The number of sulfone groups is 1. The number of hydrogen-bond acceptors (Lipinski definition) is 4. The first-order valence-electron chi connectivity index (χ1n) is 8.39. The summed E-state index contributed by atoms with van der Waals surface area (Å²) < 4.78 is 42.1. The Morgan fingerprint density at radius 1 is 1.40 bits per heavy atom. The molecule has 8 heteroatoms. The third-order valence-electron chi connectivity index (χ3n) is 4.49. The molecule has 1 atom stereocenters. The minimum Gasteiger partial charge on any atom is -0.491 e. The number of ether oxygens (including phenoxy) is 1. The number of amides is 2. The molecule has 0 saturated carbocycles. The third kappa shape index (κ3) is 5.07. The van der Waals surface area contributed by atoms with E-state index in [2.05, 4.69) is 5.32 Å². The van der Waals surface area contributed by atoms with Crippen molar-refractivity contribution in [3.8, 4) is 5.75 Å². The normalized spacial score (nSPS) is 18.4. The zero-order chi connectivity index (χ0) is 18.6. The molecule has 1 aliphatic heterocycles. The highest BCUT2D eigenvalue weighted by Crippen LogP contribution is 2.23. The van der Waals surface area contributed by atoms with Gasteiger partial charge in [-0.2, -0.15) is 0 Å². The Morgan fingerprint density at radius 3 is 2.60 bits per heavy atom. The molecule has 1 aliphatic rings. The maximum atomic E-state index is 14.0. The van der Waals surface area contributed by atoms with Gasteiger partial charge in [0, 0.05) is 13.1 Å². The van der Waals surface area contributed by atoms with Crippen LogP contribution in [0.15, 0.2) is 18.2 Å². The van der Waals surface area contributed by atoms with Gasteiger partial charge in [-0.1, -0.05) is 6.07 Å². The van der Waals surface area contributed by atoms with Crippen molar-refractivity contribution in [2.24, 2.45) is 0 Å². The zero-order valence-corrected chi connectivity index (χ0v) is 15.6. The molecular weight excluding hydrogens is 347 g/mol. The molecular formula is C17H25FN2O4S. The number of hydrogen-bond donors (Lipinski definition) is 1. The molecule has 1 heterocycles. The van der Waals surface area contributed by atoms with Gasteiger partial charge in [-0.15, -0.1) is 0 Å². The lowest BCUT2D eigenvalue weighted by atomic mass is 10.1. The molecule has 6 nitrogen and oxygen atoms in total. The molecule has 2 amide bonds. The van der Waals surface area contributed by atoms with Gasteiger partial charge in [0.2, 0.25) is 0 Å². The van der Waals surface area contributed by atoms with Crippen molar-refractivity contribution in [3.63, 3.8) is 0 Å². The predicted octanol–water partition coefficient (Wildman–Crippen LogP) is 2.50. The summed E-state index contributed by atoms with van der Waals surface area (Å²) in [4.78, 5) is 13.9. The molecule has 1 saturated heterocycles. The van der Waals surface area contributed by atoms with Crippen molar-refractivity contribution < 1.29 is 22.3 Å². The summed E-state index contributed by atoms with van der Waals surface area (Å²) in [5.74, 6) is -0.0687. The van der Waals surface area contributed by atoms with E-state index in [4.69, 9.17) is 4.74 Å². The Balaban J connectivity index is 1.96. The predicted molar refractivity (Wildman–Crippen MR) is 94.0 cm³/mol. The number of urea groups is 1. The number of rotatable bonds is 5. The second-order valence-electron chi connectivity index (χ2n) is 6.29. The fourth-order valence-electron chi connectivity index (χ4n) is 2.86. The summed E-state index contributed by atoms with van der Waals surface area (Å²) in [6.07, 6.45) is 0.886. The molecule has 140 valence electrons. The molecule has 0 spiro atoms. The summed E-state index contributed by atoms with van der Waals surface area (Å²) in [5.41, 5.74) is 0.633. The van der Waals surface area contributed by atoms with Gasteiger partial charge < -0.3 is 15.0 Å². The number of halogens is 1. The average Bonchev–Trinajstić information content (AvgIpc) is 2.56. The molecule has 1 fully saturated rings. The highest BCUT2D eigenvalue weighted by atomic mass is 32.2. The van der Waals surface area contributed by atoms with E-state index in [9.17, 15) is 17.6 Å². The highest BCUT2D eigenvalue weighted by Gasteiger charge is 2.29. The van der Waals surface area contributed by atoms with Crippen LogP contribution in [-0.4, -0.2) is 50.6 Å². The fraction of sp³-hybridized carbons (Fsp3) is 0.588. The molecule has 1 unspecified atom stereocenters. The van der Waals surface area contributed by atoms with E-state index in [-0.39, 0.29) is 35.4 Å². The minimum atomic E-state index is -2.97. The van der Waals surface area contributed by atoms with Crippen LogP contribution in [0, 0.1) is 5.82 Å². The van der Waals surface area contributed by atoms with Crippen LogP contribution in [0.5, 0.6) is 5.75 Å². The first-order chi connectivity index (χ1) is 11.7. The highest BCUT2D eigenvalue weighted by molar-refractivity contribution is 7.91. The lowest BCUT2D eigenvalue weighted by Gasteiger charge is -2.32. The molecule has 2 rings (SSSR count). The zero-order valence-electron chi connectivity index (χ0n) is 14.8. The first-order valence-corrected chi connectivity index (χ1v) is 10.2. The van der Waals surface area contributed by atoms with Crippen LogP contribution in [0.1, 0.15) is 38.3 Å². The van der Waals surface area contributed by atoms with Crippen molar-refractivity contribution in [1.29, 1.82) is 0 Å². The van der Waals surface area contributed by atoms with Crippen LogP contribution in [0.4, 0.5) is 9.18 Å². The lowest BCUT2D eigenvalue weighted by molar-refractivity contribution is 0.182. The molecule has 1 aromatic carbocycles. The molecule has 1 N–H and O–H groups in total. The van der Waals surface area contributed by atoms with Crippen molar-refractivity contribution in [2.75, 3.05) is 25.2 Å². The molecule has 0 aromatic heterocycles. The van der Waals surface area contributed by atoms with Gasteiger partial charge in [-0.05, 0) is 44.4 Å². The van der Waals surface area contributed by atoms with Gasteiger partial charge in [0.1, 0.15) is 9.84 Å².